The van der Waals surface area contributed by atoms with Gasteiger partial charge in [-0.1, -0.05) is 13.8 Å². The van der Waals surface area contributed by atoms with Gasteiger partial charge in [-0.2, -0.15) is 0 Å². The normalized spacial score (nSPS) is 10.3. The monoisotopic (exact) mass is 202 g/mol. The summed E-state index contributed by atoms with van der Waals surface area (Å²) in [7, 11) is 0. The van der Waals surface area contributed by atoms with Crippen LogP contribution in [0.15, 0.2) is 0 Å². The molecule has 0 aromatic rings. The maximum atomic E-state index is 10.7. The van der Waals surface area contributed by atoms with E-state index in [1.165, 1.54) is 0 Å². The molecule has 0 aromatic heterocycles. The Bertz CT molecular complexity index is 108. The largest absolute Gasteiger partial charge is 0.424 e. The summed E-state index contributed by atoms with van der Waals surface area (Å²) in [5, 5.41) is 0. The van der Waals surface area contributed by atoms with Gasteiger partial charge in [-0.3, -0.25) is 9.05 Å². The first-order chi connectivity index (χ1) is 5.12. The maximum absolute atomic E-state index is 10.7. The van der Waals surface area contributed by atoms with Gasteiger partial charge in [0.25, 0.3) is 0 Å². The molecular weight excluding hydrogens is 186 g/mol. The highest BCUT2D eigenvalue weighted by atomic mass is 35.7. The minimum absolute atomic E-state index is 0.306. The predicted molar refractivity (Wildman–Crippen MR) is 48.1 cm³/mol. The molecular formula is C6H16ClO3P. The van der Waals surface area contributed by atoms with E-state index in [9.17, 15) is 4.57 Å². The fourth-order valence-electron chi connectivity index (χ4n) is 0.346. The molecule has 3 nitrogen and oxygen atoms in total. The van der Waals surface area contributed by atoms with Gasteiger partial charge >= 0.3 is 6.95 Å². The van der Waals surface area contributed by atoms with Crippen LogP contribution in [0, 0.1) is 0 Å². The van der Waals surface area contributed by atoms with Gasteiger partial charge in [0.2, 0.25) is 0 Å². The lowest BCUT2D eigenvalue weighted by Crippen LogP contribution is -1.88. The van der Waals surface area contributed by atoms with E-state index < -0.39 is 6.95 Å². The molecule has 0 aliphatic rings. The first kappa shape index (κ1) is 14.0. The maximum Gasteiger partial charge on any atom is 0.424 e. The van der Waals surface area contributed by atoms with Crippen LogP contribution < -0.4 is 0 Å². The summed E-state index contributed by atoms with van der Waals surface area (Å²) in [5.41, 5.74) is 0. The van der Waals surface area contributed by atoms with Crippen molar-refractivity contribution in [2.24, 2.45) is 0 Å². The predicted octanol–water partition coefficient (Wildman–Crippen LogP) is 3.43. The van der Waals surface area contributed by atoms with E-state index in [1.54, 1.807) is 13.8 Å². The number of halogens is 1. The molecule has 0 saturated heterocycles. The van der Waals surface area contributed by atoms with Crippen LogP contribution in [0.4, 0.5) is 0 Å². The van der Waals surface area contributed by atoms with Crippen molar-refractivity contribution in [1.82, 2.24) is 0 Å². The van der Waals surface area contributed by atoms with Crippen LogP contribution in [0.25, 0.3) is 0 Å². The highest BCUT2D eigenvalue weighted by molar-refractivity contribution is 7.81. The standard InChI is InChI=1S/C4H10ClO3P.C2H6/c1-3-7-9(5,6)8-4-2;1-2/h3-4H2,1-2H3;1-2H3. The Balaban J connectivity index is 0. The lowest BCUT2D eigenvalue weighted by Gasteiger charge is -2.06. The second-order valence-electron chi connectivity index (χ2n) is 1.27. The van der Waals surface area contributed by atoms with Gasteiger partial charge < -0.3 is 0 Å². The van der Waals surface area contributed by atoms with E-state index >= 15 is 0 Å². The summed E-state index contributed by atoms with van der Waals surface area (Å²) >= 11 is 5.25. The summed E-state index contributed by atoms with van der Waals surface area (Å²) in [5.74, 6) is 0. The van der Waals surface area contributed by atoms with Gasteiger partial charge in [0.05, 0.1) is 13.2 Å². The van der Waals surface area contributed by atoms with Crippen molar-refractivity contribution < 1.29 is 13.6 Å². The van der Waals surface area contributed by atoms with E-state index in [0.717, 1.165) is 0 Å². The molecule has 0 aromatic carbocycles. The first-order valence-electron chi connectivity index (χ1n) is 3.71. The van der Waals surface area contributed by atoms with E-state index in [1.807, 2.05) is 13.8 Å². The van der Waals surface area contributed by atoms with Gasteiger partial charge in [-0.25, -0.2) is 4.57 Å². The molecule has 0 heterocycles. The Hall–Kier alpha value is 0.440. The topological polar surface area (TPSA) is 35.5 Å². The zero-order chi connectivity index (χ0) is 9.33. The molecule has 70 valence electrons. The summed E-state index contributed by atoms with van der Waals surface area (Å²) in [4.78, 5) is 0. The third kappa shape index (κ3) is 10.4. The Kier molecular flexibility index (Phi) is 10.9. The fourth-order valence-corrected chi connectivity index (χ4v) is 1.62. The van der Waals surface area contributed by atoms with Crippen LogP contribution in [0.3, 0.4) is 0 Å². The van der Waals surface area contributed by atoms with Crippen molar-refractivity contribution in [3.63, 3.8) is 0 Å². The summed E-state index contributed by atoms with van der Waals surface area (Å²) in [6.45, 7) is 4.80. The Morgan fingerprint density at radius 1 is 1.18 bits per heavy atom. The van der Waals surface area contributed by atoms with Crippen LogP contribution >= 0.6 is 18.2 Å². The molecule has 0 bridgehead atoms. The Labute approximate surface area is 73.4 Å². The lowest BCUT2D eigenvalue weighted by molar-refractivity contribution is 0.235. The van der Waals surface area contributed by atoms with Crippen molar-refractivity contribution >= 4 is 18.2 Å². The molecule has 0 aliphatic carbocycles. The summed E-state index contributed by atoms with van der Waals surface area (Å²) in [6.07, 6.45) is 0. The van der Waals surface area contributed by atoms with Crippen molar-refractivity contribution in [2.75, 3.05) is 13.2 Å². The second-order valence-corrected chi connectivity index (χ2v) is 3.89. The van der Waals surface area contributed by atoms with Gasteiger partial charge in [0, 0.05) is 11.2 Å². The summed E-state index contributed by atoms with van der Waals surface area (Å²) < 4.78 is 19.9. The molecule has 0 unspecified atom stereocenters. The minimum atomic E-state index is -3.22. The molecule has 0 aliphatic heterocycles. The number of hydrogen-bond acceptors (Lipinski definition) is 3. The van der Waals surface area contributed by atoms with Crippen molar-refractivity contribution in [3.8, 4) is 0 Å². The zero-order valence-electron chi connectivity index (χ0n) is 7.46. The third-order valence-electron chi connectivity index (χ3n) is 0.567. The smallest absolute Gasteiger partial charge is 0.297 e. The first-order valence-corrected chi connectivity index (χ1v) is 6.16. The average molecular weight is 203 g/mol. The number of hydrogen-bond donors (Lipinski definition) is 0. The van der Waals surface area contributed by atoms with Crippen LogP contribution in [-0.4, -0.2) is 13.2 Å². The molecule has 0 fully saturated rings. The molecule has 0 atom stereocenters. The highest BCUT2D eigenvalue weighted by Crippen LogP contribution is 2.53. The van der Waals surface area contributed by atoms with Gasteiger partial charge in [-0.15, -0.1) is 0 Å². The quantitative estimate of drug-likeness (QED) is 0.656. The van der Waals surface area contributed by atoms with Crippen LogP contribution in [0.1, 0.15) is 27.7 Å². The molecule has 0 radical (unpaired) electrons. The Morgan fingerprint density at radius 3 is 1.64 bits per heavy atom. The highest BCUT2D eigenvalue weighted by Gasteiger charge is 2.17. The molecule has 0 rings (SSSR count). The molecule has 0 N–H and O–H groups in total. The second kappa shape index (κ2) is 8.54. The van der Waals surface area contributed by atoms with Gasteiger partial charge in [-0.05, 0) is 13.8 Å². The molecule has 11 heavy (non-hydrogen) atoms. The molecule has 0 saturated carbocycles. The van der Waals surface area contributed by atoms with Crippen molar-refractivity contribution in [1.29, 1.82) is 0 Å². The molecule has 0 spiro atoms. The van der Waals surface area contributed by atoms with Gasteiger partial charge in [0.15, 0.2) is 0 Å². The SMILES string of the molecule is CC.CCOP(=O)(Cl)OCC. The average Bonchev–Trinajstić information content (AvgIpc) is 1.91. The van der Waals surface area contributed by atoms with E-state index in [2.05, 4.69) is 9.05 Å². The number of rotatable bonds is 4. The fraction of sp³-hybridized carbons (Fsp3) is 1.00. The van der Waals surface area contributed by atoms with E-state index in [4.69, 9.17) is 11.2 Å². The van der Waals surface area contributed by atoms with Gasteiger partial charge in [0.1, 0.15) is 0 Å². The zero-order valence-corrected chi connectivity index (χ0v) is 9.11. The minimum Gasteiger partial charge on any atom is -0.297 e. The third-order valence-corrected chi connectivity index (χ3v) is 2.29. The molecule has 5 heteroatoms. The van der Waals surface area contributed by atoms with Crippen LogP contribution in [0.2, 0.25) is 0 Å². The van der Waals surface area contributed by atoms with Crippen LogP contribution in [-0.2, 0) is 13.6 Å². The summed E-state index contributed by atoms with van der Waals surface area (Å²) in [6, 6.07) is 0. The van der Waals surface area contributed by atoms with Crippen molar-refractivity contribution in [3.05, 3.63) is 0 Å². The lowest BCUT2D eigenvalue weighted by atomic mass is 10.9. The van der Waals surface area contributed by atoms with Crippen molar-refractivity contribution in [2.45, 2.75) is 27.7 Å². The molecule has 0 amide bonds. The van der Waals surface area contributed by atoms with E-state index in [0.29, 0.717) is 13.2 Å². The Morgan fingerprint density at radius 2 is 1.45 bits per heavy atom. The van der Waals surface area contributed by atoms with Crippen LogP contribution in [0.5, 0.6) is 0 Å². The van der Waals surface area contributed by atoms with E-state index in [-0.39, 0.29) is 0 Å².